The van der Waals surface area contributed by atoms with E-state index in [9.17, 15) is 9.50 Å². The van der Waals surface area contributed by atoms with Crippen molar-refractivity contribution in [2.45, 2.75) is 6.61 Å². The van der Waals surface area contributed by atoms with Crippen LogP contribution in [0, 0.1) is 5.82 Å². The lowest BCUT2D eigenvalue weighted by Crippen LogP contribution is -1.98. The van der Waals surface area contributed by atoms with Crippen LogP contribution in [0.25, 0.3) is 38.6 Å². The minimum absolute atomic E-state index is 0.0121. The van der Waals surface area contributed by atoms with Gasteiger partial charge < -0.3 is 14.5 Å². The number of aromatic nitrogens is 1. The second kappa shape index (κ2) is 8.31. The van der Waals surface area contributed by atoms with Crippen molar-refractivity contribution in [2.24, 2.45) is 0 Å². The summed E-state index contributed by atoms with van der Waals surface area (Å²) < 4.78 is 15.7. The molecule has 0 aliphatic rings. The van der Waals surface area contributed by atoms with Crippen LogP contribution in [-0.4, -0.2) is 16.5 Å². The zero-order chi connectivity index (χ0) is 21.1. The summed E-state index contributed by atoms with van der Waals surface area (Å²) in [5.74, 6) is -0.251. The van der Waals surface area contributed by atoms with E-state index in [1.807, 2.05) is 43.2 Å². The molecule has 4 aromatic carbocycles. The minimum Gasteiger partial charge on any atom is -0.392 e. The van der Waals surface area contributed by atoms with Crippen molar-refractivity contribution in [3.05, 3.63) is 102 Å². The van der Waals surface area contributed by atoms with Gasteiger partial charge in [-0.3, -0.25) is 0 Å². The fourth-order valence-electron chi connectivity index (χ4n) is 3.87. The van der Waals surface area contributed by atoms with E-state index in [0.29, 0.717) is 0 Å². The lowest BCUT2D eigenvalue weighted by molar-refractivity contribution is -0.0979. The molecule has 0 radical (unpaired) electrons. The molecule has 4 heteroatoms. The maximum Gasteiger partial charge on any atom is 0.123 e. The van der Waals surface area contributed by atoms with Crippen molar-refractivity contribution >= 4 is 28.5 Å². The summed E-state index contributed by atoms with van der Waals surface area (Å²) in [6, 6.07) is 29.2. The number of carbonyl (C=O) groups is 1. The van der Waals surface area contributed by atoms with Crippen molar-refractivity contribution in [1.29, 1.82) is 0 Å². The third-order valence-corrected chi connectivity index (χ3v) is 5.20. The van der Waals surface area contributed by atoms with Gasteiger partial charge in [0.15, 0.2) is 0 Å². The maximum atomic E-state index is 13.5. The molecule has 148 valence electrons. The van der Waals surface area contributed by atoms with Gasteiger partial charge in [0.05, 0.1) is 17.8 Å². The Bertz CT molecular complexity index is 1320. The first-order valence-corrected chi connectivity index (χ1v) is 9.53. The molecule has 0 saturated carbocycles. The fraction of sp³-hybridized carbons (Fsp3) is 0.0385. The predicted octanol–water partition coefficient (Wildman–Crippen LogP) is 5.90. The molecule has 0 aliphatic heterocycles. The lowest BCUT2D eigenvalue weighted by Gasteiger charge is -2.13. The van der Waals surface area contributed by atoms with Gasteiger partial charge in [0.1, 0.15) is 12.6 Å². The van der Waals surface area contributed by atoms with Crippen LogP contribution >= 0.6 is 0 Å². The second-order valence-corrected chi connectivity index (χ2v) is 6.92. The highest BCUT2D eigenvalue weighted by molar-refractivity contribution is 6.09. The summed E-state index contributed by atoms with van der Waals surface area (Å²) in [5.41, 5.74) is 4.83. The molecule has 0 saturated heterocycles. The molecule has 1 N–H and O–H groups in total. The Labute approximate surface area is 173 Å². The van der Waals surface area contributed by atoms with Gasteiger partial charge in [0, 0.05) is 11.1 Å². The van der Waals surface area contributed by atoms with Crippen LogP contribution in [0.1, 0.15) is 5.56 Å². The van der Waals surface area contributed by atoms with Crippen LogP contribution < -0.4 is 0 Å². The number of aliphatic hydroxyl groups excluding tert-OH is 1. The first-order valence-electron chi connectivity index (χ1n) is 9.53. The third-order valence-electron chi connectivity index (χ3n) is 5.20. The van der Waals surface area contributed by atoms with Crippen LogP contribution in [0.3, 0.4) is 0 Å². The quantitative estimate of drug-likeness (QED) is 0.412. The molecule has 1 heterocycles. The van der Waals surface area contributed by atoms with E-state index in [0.717, 1.165) is 33.4 Å². The smallest absolute Gasteiger partial charge is 0.123 e. The van der Waals surface area contributed by atoms with Crippen LogP contribution in [0.15, 0.2) is 91.0 Å². The fourth-order valence-corrected chi connectivity index (χ4v) is 3.87. The van der Waals surface area contributed by atoms with Gasteiger partial charge >= 0.3 is 0 Å². The van der Waals surface area contributed by atoms with Crippen LogP contribution in [0.2, 0.25) is 0 Å². The van der Waals surface area contributed by atoms with Gasteiger partial charge in [0.25, 0.3) is 0 Å². The van der Waals surface area contributed by atoms with Crippen LogP contribution in [0.4, 0.5) is 4.39 Å². The van der Waals surface area contributed by atoms with Crippen LogP contribution in [-0.2, 0) is 11.4 Å². The Morgan fingerprint density at radius 3 is 2.33 bits per heavy atom. The number of halogens is 1. The van der Waals surface area contributed by atoms with E-state index in [1.54, 1.807) is 12.1 Å². The standard InChI is InChI=1S/C25H18FNO.CH2O/c26-20-11-8-19(9-12-20)25-15-23-22-7-2-1-5-18(22)10-13-24(23)27(25)21-6-3-4-17(14-21)16-28;1-2/h1-15,28H,16H2;1H2. The highest BCUT2D eigenvalue weighted by Gasteiger charge is 2.15. The van der Waals surface area contributed by atoms with Crippen LogP contribution in [0.5, 0.6) is 0 Å². The van der Waals surface area contributed by atoms with Gasteiger partial charge in [-0.1, -0.05) is 42.5 Å². The van der Waals surface area contributed by atoms with E-state index in [2.05, 4.69) is 34.9 Å². The van der Waals surface area contributed by atoms with Crippen molar-refractivity contribution in [1.82, 2.24) is 4.57 Å². The summed E-state index contributed by atoms with van der Waals surface area (Å²) >= 11 is 0. The van der Waals surface area contributed by atoms with E-state index in [4.69, 9.17) is 4.79 Å². The Morgan fingerprint density at radius 1 is 0.800 bits per heavy atom. The van der Waals surface area contributed by atoms with Gasteiger partial charge in [-0.05, 0) is 70.4 Å². The van der Waals surface area contributed by atoms with E-state index in [-0.39, 0.29) is 12.4 Å². The van der Waals surface area contributed by atoms with Gasteiger partial charge in [0.2, 0.25) is 0 Å². The first-order chi connectivity index (χ1) is 14.7. The molecule has 0 spiro atoms. The van der Waals surface area contributed by atoms with E-state index < -0.39 is 0 Å². The molecule has 0 bridgehead atoms. The normalized spacial score (nSPS) is 10.7. The van der Waals surface area contributed by atoms with Crippen molar-refractivity contribution in [3.8, 4) is 16.9 Å². The average Bonchev–Trinajstić information content (AvgIpc) is 3.21. The second-order valence-electron chi connectivity index (χ2n) is 6.92. The Morgan fingerprint density at radius 2 is 1.57 bits per heavy atom. The van der Waals surface area contributed by atoms with Gasteiger partial charge in [-0.15, -0.1) is 0 Å². The summed E-state index contributed by atoms with van der Waals surface area (Å²) in [6.45, 7) is 1.99. The maximum absolute atomic E-state index is 13.5. The average molecular weight is 397 g/mol. The number of fused-ring (bicyclic) bond motifs is 3. The number of hydrogen-bond acceptors (Lipinski definition) is 2. The monoisotopic (exact) mass is 397 g/mol. The number of aliphatic hydroxyl groups is 1. The summed E-state index contributed by atoms with van der Waals surface area (Å²) in [4.78, 5) is 8.00. The highest BCUT2D eigenvalue weighted by Crippen LogP contribution is 2.35. The first kappa shape index (κ1) is 19.6. The van der Waals surface area contributed by atoms with E-state index in [1.165, 1.54) is 22.9 Å². The molecule has 0 amide bonds. The summed E-state index contributed by atoms with van der Waals surface area (Å²) in [5, 5.41) is 13.1. The number of hydrogen-bond donors (Lipinski definition) is 1. The molecule has 0 atom stereocenters. The molecule has 1 aromatic heterocycles. The van der Waals surface area contributed by atoms with Gasteiger partial charge in [-0.2, -0.15) is 0 Å². The predicted molar refractivity (Wildman–Crippen MR) is 119 cm³/mol. The Kier molecular flexibility index (Phi) is 5.42. The lowest BCUT2D eigenvalue weighted by atomic mass is 10.1. The third kappa shape index (κ3) is 3.38. The van der Waals surface area contributed by atoms with Gasteiger partial charge in [-0.25, -0.2) is 4.39 Å². The molecule has 0 fully saturated rings. The zero-order valence-corrected chi connectivity index (χ0v) is 16.3. The topological polar surface area (TPSA) is 42.2 Å². The minimum atomic E-state index is -0.251. The Hall–Kier alpha value is -3.76. The number of nitrogens with zero attached hydrogens (tertiary/aromatic N) is 1. The SMILES string of the molecule is C=O.OCc1cccc(-n2c(-c3ccc(F)cc3)cc3c4ccccc4ccc32)c1. The molecule has 3 nitrogen and oxygen atoms in total. The number of rotatable bonds is 3. The largest absolute Gasteiger partial charge is 0.392 e. The molecule has 30 heavy (non-hydrogen) atoms. The molecular formula is C26H20FNO2. The molecular weight excluding hydrogens is 377 g/mol. The molecule has 5 rings (SSSR count). The zero-order valence-electron chi connectivity index (χ0n) is 16.3. The van der Waals surface area contributed by atoms with E-state index >= 15 is 0 Å². The summed E-state index contributed by atoms with van der Waals surface area (Å²) in [7, 11) is 0. The number of carbonyl (C=O) groups excluding carboxylic acids is 1. The highest BCUT2D eigenvalue weighted by atomic mass is 19.1. The van der Waals surface area contributed by atoms with Crippen molar-refractivity contribution in [2.75, 3.05) is 0 Å². The molecule has 5 aromatic rings. The molecule has 0 unspecified atom stereocenters. The Balaban J connectivity index is 0.00000106. The van der Waals surface area contributed by atoms with Crippen molar-refractivity contribution < 1.29 is 14.3 Å². The number of benzene rings is 4. The molecule has 0 aliphatic carbocycles. The summed E-state index contributed by atoms with van der Waals surface area (Å²) in [6.07, 6.45) is 0. The van der Waals surface area contributed by atoms with Crippen molar-refractivity contribution in [3.63, 3.8) is 0 Å².